The number of nitrogens with zero attached hydrogens (tertiary/aromatic N) is 5. The summed E-state index contributed by atoms with van der Waals surface area (Å²) in [6.07, 6.45) is 2.85. The molecule has 0 saturated heterocycles. The minimum absolute atomic E-state index is 0.165. The molecule has 1 aromatic heterocycles. The molecule has 1 aromatic rings. The zero-order valence-electron chi connectivity index (χ0n) is 7.30. The van der Waals surface area contributed by atoms with E-state index in [1.54, 1.807) is 6.92 Å². The van der Waals surface area contributed by atoms with Gasteiger partial charge < -0.3 is 0 Å². The van der Waals surface area contributed by atoms with Crippen molar-refractivity contribution in [1.29, 1.82) is 0 Å². The Bertz CT molecular complexity index is 363. The molecule has 0 fully saturated rings. The Kier molecular flexibility index (Phi) is 2.94. The second-order valence-electron chi connectivity index (χ2n) is 2.24. The third kappa shape index (κ3) is 2.53. The maximum absolute atomic E-state index is 11.1. The van der Waals surface area contributed by atoms with Crippen LogP contribution in [0.15, 0.2) is 22.6 Å². The molecule has 1 rings (SSSR count). The topological polar surface area (TPSA) is 81.7 Å². The fourth-order valence-corrected chi connectivity index (χ4v) is 0.640. The third-order valence-electron chi connectivity index (χ3n) is 1.23. The first-order valence-corrected chi connectivity index (χ1v) is 3.57. The van der Waals surface area contributed by atoms with Crippen LogP contribution in [0.1, 0.15) is 16.2 Å². The molecule has 6 nitrogen and oxygen atoms in total. The molecule has 0 aliphatic heterocycles. The predicted molar refractivity (Wildman–Crippen MR) is 44.0 cm³/mol. The highest BCUT2D eigenvalue weighted by molar-refractivity contribution is 5.92. The average molecular weight is 178 g/mol. The first kappa shape index (κ1) is 9.15. The SMILES string of the molecule is CN=[N+]=NC(=O)c1cnc(C)cn1. The number of carbonyl (C=O) groups is 1. The molecule has 0 aliphatic rings. The molecule has 0 radical (unpaired) electrons. The Balaban J connectivity index is 2.90. The highest BCUT2D eigenvalue weighted by Gasteiger charge is 2.10. The van der Waals surface area contributed by atoms with E-state index in [0.717, 1.165) is 5.69 Å². The number of carbonyl (C=O) groups excluding carboxylic acids is 1. The molecule has 0 atom stereocenters. The molecule has 6 heteroatoms. The molecule has 0 N–H and O–H groups in total. The van der Waals surface area contributed by atoms with Gasteiger partial charge in [-0.3, -0.25) is 9.78 Å². The van der Waals surface area contributed by atoms with Crippen LogP contribution < -0.4 is 4.91 Å². The predicted octanol–water partition coefficient (Wildman–Crippen LogP) is 0.527. The van der Waals surface area contributed by atoms with Crippen molar-refractivity contribution in [2.24, 2.45) is 10.2 Å². The van der Waals surface area contributed by atoms with Gasteiger partial charge in [-0.1, -0.05) is 0 Å². The maximum Gasteiger partial charge on any atom is 0.380 e. The van der Waals surface area contributed by atoms with Crippen molar-refractivity contribution in [1.82, 2.24) is 14.9 Å². The van der Waals surface area contributed by atoms with E-state index >= 15 is 0 Å². The lowest BCUT2D eigenvalue weighted by Gasteiger charge is -1.89. The minimum Gasteiger partial charge on any atom is -0.258 e. The zero-order chi connectivity index (χ0) is 9.68. The highest BCUT2D eigenvalue weighted by Crippen LogP contribution is 1.95. The van der Waals surface area contributed by atoms with Gasteiger partial charge in [0.25, 0.3) is 0 Å². The molecule has 0 bridgehead atoms. The largest absolute Gasteiger partial charge is 0.380 e. The number of hydrogen-bond donors (Lipinski definition) is 0. The van der Waals surface area contributed by atoms with Crippen molar-refractivity contribution in [2.75, 3.05) is 7.05 Å². The first-order chi connectivity index (χ1) is 6.24. The van der Waals surface area contributed by atoms with Gasteiger partial charge >= 0.3 is 5.91 Å². The highest BCUT2D eigenvalue weighted by atomic mass is 16.1. The molecule has 1 heterocycles. The van der Waals surface area contributed by atoms with Crippen LogP contribution in [0.4, 0.5) is 0 Å². The Labute approximate surface area is 74.5 Å². The molecule has 0 aromatic carbocycles. The summed E-state index contributed by atoms with van der Waals surface area (Å²) in [5.74, 6) is -0.543. The van der Waals surface area contributed by atoms with Crippen molar-refractivity contribution >= 4 is 5.91 Å². The van der Waals surface area contributed by atoms with E-state index in [-0.39, 0.29) is 5.69 Å². The van der Waals surface area contributed by atoms with Crippen molar-refractivity contribution in [3.05, 3.63) is 23.8 Å². The summed E-state index contributed by atoms with van der Waals surface area (Å²) >= 11 is 0. The molecule has 1 amide bonds. The lowest BCUT2D eigenvalue weighted by Crippen LogP contribution is -2.00. The van der Waals surface area contributed by atoms with Crippen molar-refractivity contribution in [2.45, 2.75) is 6.92 Å². The number of aromatic nitrogens is 2. The summed E-state index contributed by atoms with van der Waals surface area (Å²) in [5.41, 5.74) is 0.909. The Morgan fingerprint density at radius 2 is 2.23 bits per heavy atom. The van der Waals surface area contributed by atoms with Crippen LogP contribution in [-0.4, -0.2) is 22.9 Å². The van der Waals surface area contributed by atoms with Gasteiger partial charge in [-0.2, -0.15) is 0 Å². The standard InChI is InChI=1S/C7H8N5O/c1-5-3-10-6(4-9-5)7(13)11-12-8-2/h3-4H,1-2H3/q+1. The molecule has 0 spiro atoms. The lowest BCUT2D eigenvalue weighted by atomic mass is 10.4. The monoisotopic (exact) mass is 178 g/mol. The number of hydrogen-bond acceptors (Lipinski definition) is 4. The Hall–Kier alpha value is -1.94. The summed E-state index contributed by atoms with van der Waals surface area (Å²) in [5, 5.41) is 6.57. The summed E-state index contributed by atoms with van der Waals surface area (Å²) in [4.78, 5) is 22.0. The van der Waals surface area contributed by atoms with Crippen molar-refractivity contribution in [3.63, 3.8) is 0 Å². The normalized spacial score (nSPS) is 8.77. The number of aryl methyl sites for hydroxylation is 1. The number of amides is 1. The van der Waals surface area contributed by atoms with Gasteiger partial charge in [-0.15, -0.1) is 0 Å². The van der Waals surface area contributed by atoms with Crippen LogP contribution in [0.5, 0.6) is 0 Å². The molecule has 13 heavy (non-hydrogen) atoms. The molecule has 66 valence electrons. The molecule has 0 unspecified atom stereocenters. The van der Waals surface area contributed by atoms with E-state index in [1.165, 1.54) is 19.4 Å². The zero-order valence-corrected chi connectivity index (χ0v) is 7.30. The van der Waals surface area contributed by atoms with Crippen LogP contribution in [0.2, 0.25) is 0 Å². The van der Waals surface area contributed by atoms with E-state index in [1.807, 2.05) is 0 Å². The smallest absolute Gasteiger partial charge is 0.258 e. The Morgan fingerprint density at radius 3 is 2.77 bits per heavy atom. The van der Waals surface area contributed by atoms with E-state index in [9.17, 15) is 4.79 Å². The fraction of sp³-hybridized carbons (Fsp3) is 0.286. The number of rotatable bonds is 1. The van der Waals surface area contributed by atoms with Gasteiger partial charge in [0.1, 0.15) is 12.2 Å². The average Bonchev–Trinajstić information content (AvgIpc) is 2.15. The lowest BCUT2D eigenvalue weighted by molar-refractivity contribution is 0.0987. The van der Waals surface area contributed by atoms with Crippen LogP contribution >= 0.6 is 0 Å². The summed E-state index contributed by atoms with van der Waals surface area (Å²) in [6, 6.07) is 0. The van der Waals surface area contributed by atoms with Gasteiger partial charge in [0.05, 0.1) is 11.9 Å². The van der Waals surface area contributed by atoms with Crippen molar-refractivity contribution < 1.29 is 4.79 Å². The molecule has 0 saturated carbocycles. The van der Waals surface area contributed by atoms with Crippen LogP contribution in [0, 0.1) is 6.92 Å². The van der Waals surface area contributed by atoms with Gasteiger partial charge in [-0.05, 0) is 6.92 Å². The third-order valence-corrected chi connectivity index (χ3v) is 1.23. The summed E-state index contributed by atoms with van der Waals surface area (Å²) < 4.78 is 0. The van der Waals surface area contributed by atoms with E-state index < -0.39 is 5.91 Å². The van der Waals surface area contributed by atoms with E-state index in [2.05, 4.69) is 25.1 Å². The molecular weight excluding hydrogens is 170 g/mol. The summed E-state index contributed by atoms with van der Waals surface area (Å²) in [6.45, 7) is 1.78. The fourth-order valence-electron chi connectivity index (χ4n) is 0.640. The van der Waals surface area contributed by atoms with Gasteiger partial charge in [-0.25, -0.2) is 4.98 Å². The maximum atomic E-state index is 11.1. The second kappa shape index (κ2) is 4.18. The molecular formula is C7H8N5O+. The summed E-state index contributed by atoms with van der Waals surface area (Å²) in [7, 11) is 1.43. The first-order valence-electron chi connectivity index (χ1n) is 3.57. The van der Waals surface area contributed by atoms with E-state index in [4.69, 9.17) is 0 Å². The van der Waals surface area contributed by atoms with Crippen LogP contribution in [0.25, 0.3) is 0 Å². The minimum atomic E-state index is -0.543. The second-order valence-corrected chi connectivity index (χ2v) is 2.24. The van der Waals surface area contributed by atoms with Crippen LogP contribution in [-0.2, 0) is 0 Å². The van der Waals surface area contributed by atoms with Gasteiger partial charge in [0.2, 0.25) is 10.0 Å². The quantitative estimate of drug-likeness (QED) is 0.464. The van der Waals surface area contributed by atoms with E-state index in [0.29, 0.717) is 0 Å². The van der Waals surface area contributed by atoms with Crippen molar-refractivity contribution in [3.8, 4) is 0 Å². The molecule has 0 aliphatic carbocycles. The Morgan fingerprint density at radius 1 is 1.46 bits per heavy atom. The van der Waals surface area contributed by atoms with Crippen LogP contribution in [0.3, 0.4) is 0 Å². The van der Waals surface area contributed by atoms with Gasteiger partial charge in [0, 0.05) is 6.20 Å². The van der Waals surface area contributed by atoms with Gasteiger partial charge in [0.15, 0.2) is 5.69 Å².